The first kappa shape index (κ1) is 26.5. The van der Waals surface area contributed by atoms with E-state index in [9.17, 15) is 19.2 Å². The van der Waals surface area contributed by atoms with Gasteiger partial charge in [0.1, 0.15) is 18.1 Å². The summed E-state index contributed by atoms with van der Waals surface area (Å²) in [6.45, 7) is 2.53. The maximum Gasteiger partial charge on any atom is 0.328 e. The van der Waals surface area contributed by atoms with Crippen molar-refractivity contribution < 1.29 is 29.4 Å². The molecule has 0 aliphatic carbocycles. The van der Waals surface area contributed by atoms with Gasteiger partial charge in [-0.1, -0.05) is 13.8 Å². The predicted molar refractivity (Wildman–Crippen MR) is 110 cm³/mol. The number of thioether (sulfide) groups is 1. The van der Waals surface area contributed by atoms with Gasteiger partial charge in [0.25, 0.3) is 0 Å². The van der Waals surface area contributed by atoms with Crippen molar-refractivity contribution >= 4 is 48.1 Å². The number of thiol groups is 1. The summed E-state index contributed by atoms with van der Waals surface area (Å²) in [5, 5.41) is 25.1. The highest BCUT2D eigenvalue weighted by Gasteiger charge is 2.31. The molecule has 0 heterocycles. The summed E-state index contributed by atoms with van der Waals surface area (Å²) in [6.07, 6.45) is 2.33. The lowest BCUT2D eigenvalue weighted by Gasteiger charge is -2.26. The Morgan fingerprint density at radius 2 is 1.61 bits per heavy atom. The average molecular weight is 439 g/mol. The van der Waals surface area contributed by atoms with Crippen molar-refractivity contribution in [3.05, 3.63) is 0 Å². The van der Waals surface area contributed by atoms with Crippen LogP contribution in [0, 0.1) is 5.92 Å². The molecule has 12 heteroatoms. The largest absolute Gasteiger partial charge is 0.480 e. The van der Waals surface area contributed by atoms with Gasteiger partial charge in [-0.05, 0) is 24.3 Å². The van der Waals surface area contributed by atoms with E-state index in [0.29, 0.717) is 12.2 Å². The fraction of sp³-hybridized carbons (Fsp3) is 0.750. The highest BCUT2D eigenvalue weighted by Crippen LogP contribution is 2.05. The van der Waals surface area contributed by atoms with E-state index in [2.05, 4.69) is 28.6 Å². The molecule has 7 N–H and O–H groups in total. The number of aliphatic carboxylic acids is 1. The number of carbonyl (C=O) groups is 4. The summed E-state index contributed by atoms with van der Waals surface area (Å²) in [6, 6.07) is -4.34. The number of carboxylic acids is 1. The third-order valence-corrected chi connectivity index (χ3v) is 4.84. The van der Waals surface area contributed by atoms with Crippen molar-refractivity contribution in [3.63, 3.8) is 0 Å². The lowest BCUT2D eigenvalue weighted by molar-refractivity contribution is -0.143. The Morgan fingerprint density at radius 3 is 2.04 bits per heavy atom. The highest BCUT2D eigenvalue weighted by molar-refractivity contribution is 7.98. The maximum atomic E-state index is 12.5. The number of hydrogen-bond donors (Lipinski definition) is 7. The number of amides is 3. The Morgan fingerprint density at radius 1 is 1.04 bits per heavy atom. The first-order chi connectivity index (χ1) is 13.1. The molecule has 0 aromatic rings. The molecule has 0 bridgehead atoms. The van der Waals surface area contributed by atoms with Crippen LogP contribution in [0.5, 0.6) is 0 Å². The molecular weight excluding hydrogens is 408 g/mol. The van der Waals surface area contributed by atoms with Gasteiger partial charge in [0, 0.05) is 5.75 Å². The number of nitrogens with one attached hydrogen (secondary N) is 3. The third kappa shape index (κ3) is 9.13. The van der Waals surface area contributed by atoms with E-state index in [1.807, 2.05) is 6.26 Å². The van der Waals surface area contributed by atoms with Gasteiger partial charge in [-0.15, -0.1) is 0 Å². The van der Waals surface area contributed by atoms with E-state index in [1.54, 1.807) is 25.6 Å². The number of carboxylic acid groups (broad SMARTS) is 1. The Hall–Kier alpha value is -1.50. The molecule has 0 saturated heterocycles. The van der Waals surface area contributed by atoms with E-state index in [1.165, 1.54) is 0 Å². The summed E-state index contributed by atoms with van der Waals surface area (Å²) in [4.78, 5) is 47.9. The van der Waals surface area contributed by atoms with Gasteiger partial charge in [0.15, 0.2) is 0 Å². The molecule has 10 nitrogen and oxygen atoms in total. The molecule has 28 heavy (non-hydrogen) atoms. The van der Waals surface area contributed by atoms with Crippen molar-refractivity contribution in [2.75, 3.05) is 24.4 Å². The SMILES string of the molecule is CSCCC(N)C(=O)NC(CS)C(=O)NC(C(=O)NC(CO)C(=O)O)C(C)C. The van der Waals surface area contributed by atoms with Crippen LogP contribution in [0.2, 0.25) is 0 Å². The molecule has 0 aliphatic heterocycles. The van der Waals surface area contributed by atoms with Gasteiger partial charge in [-0.3, -0.25) is 14.4 Å². The summed E-state index contributed by atoms with van der Waals surface area (Å²) >= 11 is 5.60. The van der Waals surface area contributed by atoms with E-state index in [0.717, 1.165) is 0 Å². The summed E-state index contributed by atoms with van der Waals surface area (Å²) in [7, 11) is 0. The van der Waals surface area contributed by atoms with Crippen molar-refractivity contribution in [1.29, 1.82) is 0 Å². The van der Waals surface area contributed by atoms with Crippen LogP contribution in [-0.2, 0) is 19.2 Å². The quantitative estimate of drug-likeness (QED) is 0.165. The Bertz CT molecular complexity index is 549. The second-order valence-electron chi connectivity index (χ2n) is 6.44. The first-order valence-electron chi connectivity index (χ1n) is 8.69. The molecule has 0 fully saturated rings. The lowest BCUT2D eigenvalue weighted by atomic mass is 10.0. The number of nitrogens with two attached hydrogens (primary N) is 1. The summed E-state index contributed by atoms with van der Waals surface area (Å²) in [5.41, 5.74) is 5.78. The second kappa shape index (κ2) is 13.6. The Balaban J connectivity index is 5.02. The van der Waals surface area contributed by atoms with Crippen molar-refractivity contribution in [2.24, 2.45) is 11.7 Å². The fourth-order valence-corrected chi connectivity index (χ4v) is 2.83. The number of carbonyl (C=O) groups excluding carboxylic acids is 3. The Kier molecular flexibility index (Phi) is 12.9. The van der Waals surface area contributed by atoms with Gasteiger partial charge >= 0.3 is 5.97 Å². The zero-order valence-corrected chi connectivity index (χ0v) is 17.9. The first-order valence-corrected chi connectivity index (χ1v) is 10.7. The van der Waals surface area contributed by atoms with Gasteiger partial charge < -0.3 is 31.9 Å². The predicted octanol–water partition coefficient (Wildman–Crippen LogP) is -1.82. The molecule has 4 atom stereocenters. The molecule has 0 aliphatic rings. The number of hydrogen-bond acceptors (Lipinski definition) is 8. The summed E-state index contributed by atoms with van der Waals surface area (Å²) < 4.78 is 0. The lowest BCUT2D eigenvalue weighted by Crippen LogP contribution is -2.59. The molecule has 0 spiro atoms. The average Bonchev–Trinajstić information content (AvgIpc) is 2.64. The van der Waals surface area contributed by atoms with E-state index in [-0.39, 0.29) is 11.7 Å². The molecule has 4 unspecified atom stereocenters. The molecule has 0 saturated carbocycles. The van der Waals surface area contributed by atoms with E-state index >= 15 is 0 Å². The van der Waals surface area contributed by atoms with Crippen LogP contribution < -0.4 is 21.7 Å². The van der Waals surface area contributed by atoms with Crippen LogP contribution in [0.25, 0.3) is 0 Å². The Labute approximate surface area is 174 Å². The minimum absolute atomic E-state index is 0.0202. The van der Waals surface area contributed by atoms with Crippen LogP contribution in [0.4, 0.5) is 0 Å². The molecule has 0 radical (unpaired) electrons. The normalized spacial score (nSPS) is 15.2. The van der Waals surface area contributed by atoms with E-state index in [4.69, 9.17) is 15.9 Å². The van der Waals surface area contributed by atoms with Crippen LogP contribution in [-0.4, -0.2) is 82.4 Å². The minimum atomic E-state index is -1.49. The monoisotopic (exact) mass is 438 g/mol. The fourth-order valence-electron chi connectivity index (χ4n) is 2.08. The van der Waals surface area contributed by atoms with Gasteiger partial charge in [-0.25, -0.2) is 4.79 Å². The number of aliphatic hydroxyl groups excluding tert-OH is 1. The number of rotatable bonds is 13. The van der Waals surface area contributed by atoms with E-state index < -0.39 is 54.5 Å². The highest BCUT2D eigenvalue weighted by atomic mass is 32.2. The summed E-state index contributed by atoms with van der Waals surface area (Å²) in [5.74, 6) is -3.01. The van der Waals surface area contributed by atoms with Gasteiger partial charge in [0.05, 0.1) is 12.6 Å². The smallest absolute Gasteiger partial charge is 0.328 e. The molecule has 3 amide bonds. The minimum Gasteiger partial charge on any atom is -0.480 e. The van der Waals surface area contributed by atoms with Gasteiger partial charge in [0.2, 0.25) is 17.7 Å². The van der Waals surface area contributed by atoms with Crippen LogP contribution in [0.15, 0.2) is 0 Å². The molecule has 0 aromatic carbocycles. The zero-order valence-electron chi connectivity index (χ0n) is 16.2. The standard InChI is InChI=1S/C16H30N4O6S2/c1-8(2)12(15(24)18-10(6-21)16(25)26)20-14(23)11(7-27)19-13(22)9(17)4-5-28-3/h8-12,21,27H,4-7,17H2,1-3H3,(H,18,24)(H,19,22)(H,20,23)(H,25,26). The third-order valence-electron chi connectivity index (χ3n) is 3.83. The molecular formula is C16H30N4O6S2. The van der Waals surface area contributed by atoms with Crippen molar-refractivity contribution in [3.8, 4) is 0 Å². The van der Waals surface area contributed by atoms with Crippen molar-refractivity contribution in [1.82, 2.24) is 16.0 Å². The zero-order chi connectivity index (χ0) is 21.9. The molecule has 0 aromatic heterocycles. The van der Waals surface area contributed by atoms with Crippen molar-refractivity contribution in [2.45, 2.75) is 44.4 Å². The van der Waals surface area contributed by atoms with Crippen LogP contribution >= 0.6 is 24.4 Å². The second-order valence-corrected chi connectivity index (χ2v) is 7.79. The van der Waals surface area contributed by atoms with Gasteiger partial charge in [-0.2, -0.15) is 24.4 Å². The topological polar surface area (TPSA) is 171 Å². The van der Waals surface area contributed by atoms with Crippen LogP contribution in [0.1, 0.15) is 20.3 Å². The molecule has 162 valence electrons. The van der Waals surface area contributed by atoms with Crippen LogP contribution in [0.3, 0.4) is 0 Å². The maximum absolute atomic E-state index is 12.5. The number of aliphatic hydroxyl groups is 1. The molecule has 0 rings (SSSR count).